The van der Waals surface area contributed by atoms with Crippen molar-refractivity contribution in [3.05, 3.63) is 59.9 Å². The van der Waals surface area contributed by atoms with Gasteiger partial charge in [0.05, 0.1) is 17.1 Å². The maximum atomic E-state index is 13.0. The second kappa shape index (κ2) is 8.59. The zero-order chi connectivity index (χ0) is 19.5. The molecule has 0 spiro atoms. The monoisotopic (exact) mass is 430 g/mol. The molecule has 28 heavy (non-hydrogen) atoms. The van der Waals surface area contributed by atoms with Gasteiger partial charge in [-0.05, 0) is 36.8 Å². The average Bonchev–Trinajstić information content (AvgIpc) is 3.09. The molecule has 2 heterocycles. The van der Waals surface area contributed by atoms with Crippen molar-refractivity contribution in [2.75, 3.05) is 17.2 Å². The van der Waals surface area contributed by atoms with Crippen LogP contribution in [-0.2, 0) is 4.79 Å². The minimum Gasteiger partial charge on any atom is -0.311 e. The Bertz CT molecular complexity index is 994. The van der Waals surface area contributed by atoms with Gasteiger partial charge >= 0.3 is 0 Å². The van der Waals surface area contributed by atoms with Crippen LogP contribution in [0.15, 0.2) is 64.9 Å². The summed E-state index contributed by atoms with van der Waals surface area (Å²) in [4.78, 5) is 16.1. The first-order chi connectivity index (χ1) is 13.6. The number of anilines is 1. The van der Waals surface area contributed by atoms with E-state index in [1.165, 1.54) is 11.8 Å². The highest BCUT2D eigenvalue weighted by Crippen LogP contribution is 2.37. The average molecular weight is 431 g/mol. The number of hydrogen-bond donors (Lipinski definition) is 0. The number of amides is 1. The molecule has 0 N–H and O–H groups in total. The van der Waals surface area contributed by atoms with Crippen LogP contribution in [0.1, 0.15) is 13.3 Å². The first-order valence-electron chi connectivity index (χ1n) is 8.96. The highest BCUT2D eigenvalue weighted by molar-refractivity contribution is 8.00. The Hall–Kier alpha value is -1.96. The molecule has 8 heteroatoms. The van der Waals surface area contributed by atoms with E-state index in [2.05, 4.69) is 23.2 Å². The molecule has 0 bridgehead atoms. The Morgan fingerprint density at radius 1 is 1.29 bits per heavy atom. The first-order valence-corrected chi connectivity index (χ1v) is 11.2. The quantitative estimate of drug-likeness (QED) is 0.549. The molecule has 0 unspecified atom stereocenters. The van der Waals surface area contributed by atoms with Crippen LogP contribution in [0.5, 0.6) is 0 Å². The number of fused-ring (bicyclic) bond motifs is 1. The molecule has 0 aliphatic carbocycles. The minimum atomic E-state index is 0.0767. The second-order valence-electron chi connectivity index (χ2n) is 6.48. The summed E-state index contributed by atoms with van der Waals surface area (Å²) < 4.78 is 1.85. The number of carbonyl (C=O) groups excluding carboxylic acids is 1. The predicted molar refractivity (Wildman–Crippen MR) is 116 cm³/mol. The number of hydrogen-bond acceptors (Lipinski definition) is 5. The lowest BCUT2D eigenvalue weighted by molar-refractivity contribution is -0.116. The van der Waals surface area contributed by atoms with Crippen LogP contribution in [0.25, 0.3) is 5.69 Å². The van der Waals surface area contributed by atoms with E-state index in [0.717, 1.165) is 29.2 Å². The molecule has 0 fully saturated rings. The second-order valence-corrected chi connectivity index (χ2v) is 9.34. The maximum absolute atomic E-state index is 13.0. The normalized spacial score (nSPS) is 16.5. The maximum Gasteiger partial charge on any atom is 0.237 e. The summed E-state index contributed by atoms with van der Waals surface area (Å²) in [5, 5.41) is 9.97. The van der Waals surface area contributed by atoms with E-state index in [9.17, 15) is 4.79 Å². The van der Waals surface area contributed by atoms with Crippen LogP contribution in [0.2, 0.25) is 5.02 Å². The molecule has 1 aromatic heterocycles. The van der Waals surface area contributed by atoms with Gasteiger partial charge in [-0.1, -0.05) is 48.5 Å². The number of thioether (sulfide) groups is 2. The standard InChI is InChI=1S/C20H19ClN4OS2/c1-14-9-10-24(17-7-2-3-8-18(17)28-14)19(26)12-27-20-23-22-13-25(20)16-6-4-5-15(21)11-16/h2-8,11,13-14H,9-10,12H2,1H3/t14-/m0/s1. The molecule has 2 aromatic carbocycles. The third kappa shape index (κ3) is 4.21. The van der Waals surface area contributed by atoms with E-state index in [4.69, 9.17) is 11.6 Å². The lowest BCUT2D eigenvalue weighted by Gasteiger charge is -2.22. The summed E-state index contributed by atoms with van der Waals surface area (Å²) in [5.74, 6) is 0.375. The zero-order valence-corrected chi connectivity index (χ0v) is 17.7. The molecule has 1 atom stereocenters. The molecule has 144 valence electrons. The molecule has 0 radical (unpaired) electrons. The number of para-hydroxylation sites is 1. The molecule has 4 rings (SSSR count). The van der Waals surface area contributed by atoms with Gasteiger partial charge in [-0.25, -0.2) is 0 Å². The molecule has 1 aliphatic rings. The van der Waals surface area contributed by atoms with E-state index in [-0.39, 0.29) is 5.91 Å². The molecule has 3 aromatic rings. The van der Waals surface area contributed by atoms with Gasteiger partial charge in [0.1, 0.15) is 6.33 Å². The smallest absolute Gasteiger partial charge is 0.237 e. The third-order valence-corrected chi connectivity index (χ3v) is 6.87. The van der Waals surface area contributed by atoms with Crippen molar-refractivity contribution >= 4 is 46.7 Å². The van der Waals surface area contributed by atoms with Gasteiger partial charge in [-0.3, -0.25) is 9.36 Å². The van der Waals surface area contributed by atoms with E-state index in [1.54, 1.807) is 6.33 Å². The number of aromatic nitrogens is 3. The molecule has 5 nitrogen and oxygen atoms in total. The van der Waals surface area contributed by atoms with Gasteiger partial charge in [-0.2, -0.15) is 0 Å². The van der Waals surface area contributed by atoms with Crippen molar-refractivity contribution in [3.63, 3.8) is 0 Å². The Labute approximate surface area is 177 Å². The van der Waals surface area contributed by atoms with E-state index >= 15 is 0 Å². The lowest BCUT2D eigenvalue weighted by atomic mass is 10.2. The SMILES string of the molecule is C[C@H]1CCN(C(=O)CSc2nncn2-c2cccc(Cl)c2)c2ccccc2S1. The Kier molecular flexibility index (Phi) is 5.94. The number of halogens is 1. The first kappa shape index (κ1) is 19.4. The Balaban J connectivity index is 1.51. The molecule has 0 saturated heterocycles. The van der Waals surface area contributed by atoms with Crippen molar-refractivity contribution < 1.29 is 4.79 Å². The van der Waals surface area contributed by atoms with Crippen molar-refractivity contribution in [2.24, 2.45) is 0 Å². The zero-order valence-electron chi connectivity index (χ0n) is 15.3. The van der Waals surface area contributed by atoms with Crippen LogP contribution in [0.3, 0.4) is 0 Å². The van der Waals surface area contributed by atoms with Crippen LogP contribution in [-0.4, -0.2) is 38.2 Å². The molecule has 1 amide bonds. The van der Waals surface area contributed by atoms with E-state index < -0.39 is 0 Å². The fourth-order valence-corrected chi connectivity index (χ4v) is 5.18. The number of nitrogens with zero attached hydrogens (tertiary/aromatic N) is 4. The van der Waals surface area contributed by atoms with Gasteiger partial charge in [0.25, 0.3) is 0 Å². The number of rotatable bonds is 4. The van der Waals surface area contributed by atoms with Gasteiger partial charge in [0.2, 0.25) is 5.91 Å². The van der Waals surface area contributed by atoms with Crippen LogP contribution in [0, 0.1) is 0 Å². The highest BCUT2D eigenvalue weighted by atomic mass is 35.5. The minimum absolute atomic E-state index is 0.0767. The van der Waals surface area contributed by atoms with Crippen molar-refractivity contribution in [3.8, 4) is 5.69 Å². The molecular formula is C20H19ClN4OS2. The molecular weight excluding hydrogens is 412 g/mol. The predicted octanol–water partition coefficient (Wildman–Crippen LogP) is 4.93. The van der Waals surface area contributed by atoms with Gasteiger partial charge < -0.3 is 4.90 Å². The Morgan fingerprint density at radius 2 is 2.14 bits per heavy atom. The Morgan fingerprint density at radius 3 is 3.00 bits per heavy atom. The van der Waals surface area contributed by atoms with Gasteiger partial charge in [-0.15, -0.1) is 22.0 Å². The molecule has 0 saturated carbocycles. The number of benzene rings is 2. The van der Waals surface area contributed by atoms with Gasteiger partial charge in [0.15, 0.2) is 5.16 Å². The van der Waals surface area contributed by atoms with Crippen molar-refractivity contribution in [1.29, 1.82) is 0 Å². The summed E-state index contributed by atoms with van der Waals surface area (Å²) in [6.07, 6.45) is 2.60. The van der Waals surface area contributed by atoms with Crippen LogP contribution >= 0.6 is 35.1 Å². The summed E-state index contributed by atoms with van der Waals surface area (Å²) in [5.41, 5.74) is 1.87. The van der Waals surface area contributed by atoms with E-state index in [0.29, 0.717) is 21.2 Å². The van der Waals surface area contributed by atoms with Crippen molar-refractivity contribution in [1.82, 2.24) is 14.8 Å². The largest absolute Gasteiger partial charge is 0.311 e. The van der Waals surface area contributed by atoms with Gasteiger partial charge in [0, 0.05) is 21.7 Å². The number of carbonyl (C=O) groups is 1. The lowest BCUT2D eigenvalue weighted by Crippen LogP contribution is -2.33. The fourth-order valence-electron chi connectivity index (χ4n) is 3.08. The van der Waals surface area contributed by atoms with Crippen molar-refractivity contribution in [2.45, 2.75) is 28.6 Å². The summed E-state index contributed by atoms with van der Waals surface area (Å²) in [6, 6.07) is 15.6. The van der Waals surface area contributed by atoms with Crippen LogP contribution < -0.4 is 4.90 Å². The highest BCUT2D eigenvalue weighted by Gasteiger charge is 2.24. The topological polar surface area (TPSA) is 51.0 Å². The third-order valence-electron chi connectivity index (χ3n) is 4.47. The fraction of sp³-hybridized carbons (Fsp3) is 0.250. The summed E-state index contributed by atoms with van der Waals surface area (Å²) >= 11 is 9.31. The summed E-state index contributed by atoms with van der Waals surface area (Å²) in [7, 11) is 0. The van der Waals surface area contributed by atoms with Crippen LogP contribution in [0.4, 0.5) is 5.69 Å². The van der Waals surface area contributed by atoms with E-state index in [1.807, 2.05) is 63.7 Å². The summed E-state index contributed by atoms with van der Waals surface area (Å²) in [6.45, 7) is 2.93. The molecule has 1 aliphatic heterocycles.